The van der Waals surface area contributed by atoms with Gasteiger partial charge in [-0.1, -0.05) is 0 Å². The Bertz CT molecular complexity index is 641. The van der Waals surface area contributed by atoms with E-state index in [-0.39, 0.29) is 10.6 Å². The molecule has 0 radical (unpaired) electrons. The van der Waals surface area contributed by atoms with Gasteiger partial charge >= 0.3 is 0 Å². The molecule has 17 heavy (non-hydrogen) atoms. The van der Waals surface area contributed by atoms with Crippen molar-refractivity contribution in [3.8, 4) is 6.07 Å². The zero-order valence-corrected chi connectivity index (χ0v) is 10.1. The smallest absolute Gasteiger partial charge is 0.246 e. The summed E-state index contributed by atoms with van der Waals surface area (Å²) >= 11 is 0. The molecule has 0 spiro atoms. The summed E-state index contributed by atoms with van der Waals surface area (Å²) in [6.07, 6.45) is 0. The Hall–Kier alpha value is -1.63. The quantitative estimate of drug-likeness (QED) is 0.772. The molecule has 0 aliphatic heterocycles. The molecule has 1 rings (SSSR count). The van der Waals surface area contributed by atoms with E-state index >= 15 is 0 Å². The standard InChI is InChI=1S/C8H9N3O4S2/c9-5-6-16(12,13)11-7-1-3-8(4-2-7)17(10,14)15/h1-4,11H,6H2,(H2,10,14,15). The van der Waals surface area contributed by atoms with E-state index in [4.69, 9.17) is 10.4 Å². The number of hydrogen-bond acceptors (Lipinski definition) is 5. The molecule has 0 saturated carbocycles. The fourth-order valence-electron chi connectivity index (χ4n) is 1.01. The van der Waals surface area contributed by atoms with Gasteiger partial charge in [0.15, 0.2) is 5.75 Å². The summed E-state index contributed by atoms with van der Waals surface area (Å²) in [7, 11) is -7.53. The second-order valence-electron chi connectivity index (χ2n) is 3.09. The number of nitrogens with two attached hydrogens (primary N) is 1. The third kappa shape index (κ3) is 4.03. The minimum absolute atomic E-state index is 0.124. The highest BCUT2D eigenvalue weighted by molar-refractivity contribution is 7.92. The van der Waals surface area contributed by atoms with Crippen molar-refractivity contribution in [1.29, 1.82) is 5.26 Å². The lowest BCUT2D eigenvalue weighted by Crippen LogP contribution is -2.16. The van der Waals surface area contributed by atoms with Crippen LogP contribution in [0.5, 0.6) is 0 Å². The zero-order valence-electron chi connectivity index (χ0n) is 8.49. The van der Waals surface area contributed by atoms with Crippen LogP contribution in [0.25, 0.3) is 0 Å². The molecule has 0 aliphatic rings. The van der Waals surface area contributed by atoms with E-state index in [1.54, 1.807) is 0 Å². The second-order valence-corrected chi connectivity index (χ2v) is 6.37. The molecule has 0 aliphatic carbocycles. The van der Waals surface area contributed by atoms with Crippen molar-refractivity contribution in [2.45, 2.75) is 4.90 Å². The van der Waals surface area contributed by atoms with Gasteiger partial charge < -0.3 is 0 Å². The first-order valence-corrected chi connectivity index (χ1v) is 7.45. The molecule has 92 valence electrons. The van der Waals surface area contributed by atoms with Gasteiger partial charge in [0.05, 0.1) is 11.0 Å². The molecule has 0 heterocycles. The highest BCUT2D eigenvalue weighted by Gasteiger charge is 2.11. The Morgan fingerprint density at radius 3 is 2.12 bits per heavy atom. The van der Waals surface area contributed by atoms with Crippen LogP contribution < -0.4 is 9.86 Å². The molecule has 0 atom stereocenters. The number of hydrogen-bond donors (Lipinski definition) is 2. The number of rotatable bonds is 4. The number of anilines is 1. The fraction of sp³-hybridized carbons (Fsp3) is 0.125. The zero-order chi connectivity index (χ0) is 13.1. The maximum absolute atomic E-state index is 11.2. The van der Waals surface area contributed by atoms with Gasteiger partial charge in [-0.3, -0.25) is 4.72 Å². The molecule has 0 unspecified atom stereocenters. The van der Waals surface area contributed by atoms with Crippen molar-refractivity contribution in [3.63, 3.8) is 0 Å². The lowest BCUT2D eigenvalue weighted by atomic mass is 10.3. The van der Waals surface area contributed by atoms with E-state index in [0.29, 0.717) is 0 Å². The summed E-state index contributed by atoms with van der Waals surface area (Å²) in [6.45, 7) is 0. The van der Waals surface area contributed by atoms with Crippen LogP contribution in [0.4, 0.5) is 5.69 Å². The Kier molecular flexibility index (Phi) is 3.72. The monoisotopic (exact) mass is 275 g/mol. The summed E-state index contributed by atoms with van der Waals surface area (Å²) in [5, 5.41) is 13.1. The molecule has 1 aromatic carbocycles. The summed E-state index contributed by atoms with van der Waals surface area (Å²) in [5.41, 5.74) is 0.160. The topological polar surface area (TPSA) is 130 Å². The van der Waals surface area contributed by atoms with Crippen LogP contribution in [0.1, 0.15) is 0 Å². The lowest BCUT2D eigenvalue weighted by Gasteiger charge is -2.05. The number of nitrogens with zero attached hydrogens (tertiary/aromatic N) is 1. The number of nitrogens with one attached hydrogen (secondary N) is 1. The van der Waals surface area contributed by atoms with E-state index in [0.717, 1.165) is 0 Å². The first-order valence-electron chi connectivity index (χ1n) is 4.25. The minimum atomic E-state index is -3.80. The van der Waals surface area contributed by atoms with Crippen molar-refractivity contribution in [2.24, 2.45) is 5.14 Å². The van der Waals surface area contributed by atoms with Crippen molar-refractivity contribution < 1.29 is 16.8 Å². The van der Waals surface area contributed by atoms with Crippen molar-refractivity contribution in [1.82, 2.24) is 0 Å². The van der Waals surface area contributed by atoms with Gasteiger partial charge in [-0.2, -0.15) is 5.26 Å². The van der Waals surface area contributed by atoms with Gasteiger partial charge in [0.2, 0.25) is 20.0 Å². The van der Waals surface area contributed by atoms with Gasteiger partial charge in [0.25, 0.3) is 0 Å². The number of nitriles is 1. The highest BCUT2D eigenvalue weighted by atomic mass is 32.2. The molecule has 9 heteroatoms. The van der Waals surface area contributed by atoms with Crippen LogP contribution in [0, 0.1) is 11.3 Å². The molecular weight excluding hydrogens is 266 g/mol. The third-order valence-electron chi connectivity index (χ3n) is 1.71. The first kappa shape index (κ1) is 13.4. The Morgan fingerprint density at radius 2 is 1.71 bits per heavy atom. The average Bonchev–Trinajstić information content (AvgIpc) is 2.16. The molecule has 3 N–H and O–H groups in total. The van der Waals surface area contributed by atoms with E-state index in [1.807, 2.05) is 0 Å². The lowest BCUT2D eigenvalue weighted by molar-refractivity contribution is 0.597. The number of primary sulfonamides is 1. The van der Waals surface area contributed by atoms with Crippen LogP contribution in [-0.2, 0) is 20.0 Å². The van der Waals surface area contributed by atoms with Crippen molar-refractivity contribution in [2.75, 3.05) is 10.5 Å². The van der Waals surface area contributed by atoms with Crippen LogP contribution in [0.3, 0.4) is 0 Å². The predicted octanol–water partition coefficient (Wildman–Crippen LogP) is -0.401. The molecule has 1 aromatic rings. The van der Waals surface area contributed by atoms with E-state index in [2.05, 4.69) is 4.72 Å². The maximum atomic E-state index is 11.2. The maximum Gasteiger partial charge on any atom is 0.246 e. The molecule has 0 amide bonds. The van der Waals surface area contributed by atoms with Crippen LogP contribution in [-0.4, -0.2) is 22.6 Å². The Morgan fingerprint density at radius 1 is 1.18 bits per heavy atom. The number of benzene rings is 1. The summed E-state index contributed by atoms with van der Waals surface area (Å²) in [4.78, 5) is -0.124. The average molecular weight is 275 g/mol. The summed E-state index contributed by atoms with van der Waals surface area (Å²) < 4.78 is 46.4. The summed E-state index contributed by atoms with van der Waals surface area (Å²) in [5.74, 6) is -0.677. The Labute approximate surface area is 99.0 Å². The van der Waals surface area contributed by atoms with Crippen LogP contribution in [0.15, 0.2) is 29.2 Å². The molecule has 0 saturated heterocycles. The molecule has 0 aromatic heterocycles. The molecule has 0 bridgehead atoms. The van der Waals surface area contributed by atoms with Crippen molar-refractivity contribution >= 4 is 25.7 Å². The summed E-state index contributed by atoms with van der Waals surface area (Å²) in [6, 6.07) is 6.32. The molecule has 7 nitrogen and oxygen atoms in total. The van der Waals surface area contributed by atoms with Crippen LogP contribution in [0.2, 0.25) is 0 Å². The van der Waals surface area contributed by atoms with Gasteiger partial charge in [-0.05, 0) is 24.3 Å². The van der Waals surface area contributed by atoms with E-state index in [9.17, 15) is 16.8 Å². The SMILES string of the molecule is N#CCS(=O)(=O)Nc1ccc(S(N)(=O)=O)cc1. The van der Waals surface area contributed by atoms with E-state index < -0.39 is 25.8 Å². The van der Waals surface area contributed by atoms with Crippen LogP contribution >= 0.6 is 0 Å². The van der Waals surface area contributed by atoms with Crippen molar-refractivity contribution in [3.05, 3.63) is 24.3 Å². The van der Waals surface area contributed by atoms with Gasteiger partial charge in [0.1, 0.15) is 0 Å². The fourth-order valence-corrected chi connectivity index (χ4v) is 2.27. The molecule has 0 fully saturated rings. The highest BCUT2D eigenvalue weighted by Crippen LogP contribution is 2.13. The Balaban J connectivity index is 2.95. The van der Waals surface area contributed by atoms with Gasteiger partial charge in [-0.15, -0.1) is 0 Å². The normalized spacial score (nSPS) is 11.8. The van der Waals surface area contributed by atoms with Gasteiger partial charge in [0, 0.05) is 5.69 Å². The minimum Gasteiger partial charge on any atom is -0.283 e. The third-order valence-corrected chi connectivity index (χ3v) is 3.70. The van der Waals surface area contributed by atoms with Gasteiger partial charge in [-0.25, -0.2) is 22.0 Å². The second kappa shape index (κ2) is 4.70. The number of sulfonamides is 2. The molecular formula is C8H9N3O4S2. The largest absolute Gasteiger partial charge is 0.283 e. The predicted molar refractivity (Wildman–Crippen MR) is 60.8 cm³/mol. The first-order chi connectivity index (χ1) is 7.74. The van der Waals surface area contributed by atoms with E-state index in [1.165, 1.54) is 30.3 Å².